The third-order valence-corrected chi connectivity index (χ3v) is 5.45. The quantitative estimate of drug-likeness (QED) is 0.567. The summed E-state index contributed by atoms with van der Waals surface area (Å²) in [7, 11) is 1.97. The highest BCUT2D eigenvalue weighted by Gasteiger charge is 2.29. The van der Waals surface area contributed by atoms with Crippen LogP contribution in [-0.2, 0) is 4.79 Å². The fourth-order valence-corrected chi connectivity index (χ4v) is 3.75. The Morgan fingerprint density at radius 2 is 1.97 bits per heavy atom. The van der Waals surface area contributed by atoms with Crippen LogP contribution in [0.2, 0.25) is 0 Å². The molecule has 3 aliphatic heterocycles. The molecule has 12 heteroatoms. The van der Waals surface area contributed by atoms with Crippen LogP contribution in [0.5, 0.6) is 11.5 Å². The maximum atomic E-state index is 12.0. The van der Waals surface area contributed by atoms with Crippen LogP contribution in [-0.4, -0.2) is 66.3 Å². The molecule has 0 unspecified atom stereocenters. The molecule has 12 nitrogen and oxygen atoms in total. The van der Waals surface area contributed by atoms with Crippen LogP contribution in [0.25, 0.3) is 0 Å². The molecule has 2 aromatic carbocycles. The lowest BCUT2D eigenvalue weighted by molar-refractivity contribution is -0.119. The van der Waals surface area contributed by atoms with E-state index in [4.69, 9.17) is 14.7 Å². The van der Waals surface area contributed by atoms with Crippen LogP contribution < -0.4 is 20.1 Å². The first-order chi connectivity index (χ1) is 17.4. The molecular formula is C24H19N7O5. The molecular weight excluding hydrogens is 466 g/mol. The summed E-state index contributed by atoms with van der Waals surface area (Å²) in [5.41, 5.74) is 0.817. The Kier molecular flexibility index (Phi) is 5.79. The van der Waals surface area contributed by atoms with E-state index in [2.05, 4.69) is 30.5 Å². The van der Waals surface area contributed by atoms with Crippen LogP contribution in [0.15, 0.2) is 69.0 Å². The van der Waals surface area contributed by atoms with E-state index in [-0.39, 0.29) is 52.8 Å². The van der Waals surface area contributed by atoms with Crippen LogP contribution >= 0.6 is 0 Å². The number of fused-ring (bicyclic) bond motifs is 1. The predicted molar refractivity (Wildman–Crippen MR) is 128 cm³/mol. The van der Waals surface area contributed by atoms with E-state index in [1.807, 2.05) is 31.3 Å². The molecule has 5 rings (SSSR count). The van der Waals surface area contributed by atoms with Crippen molar-refractivity contribution < 1.29 is 24.2 Å². The van der Waals surface area contributed by atoms with Gasteiger partial charge < -0.3 is 24.8 Å². The Bertz CT molecular complexity index is 1450. The normalized spacial score (nSPS) is 16.6. The second-order valence-electron chi connectivity index (χ2n) is 7.92. The fourth-order valence-electron chi connectivity index (χ4n) is 3.75. The number of carbonyl (C=O) groups excluding carboxylic acids is 1. The number of nitriles is 1. The van der Waals surface area contributed by atoms with Gasteiger partial charge in [0.25, 0.3) is 5.88 Å². The van der Waals surface area contributed by atoms with Crippen LogP contribution in [0.3, 0.4) is 0 Å². The molecule has 3 heterocycles. The average Bonchev–Trinajstić information content (AvgIpc) is 3.30. The van der Waals surface area contributed by atoms with Gasteiger partial charge in [0.1, 0.15) is 35.6 Å². The number of hydrogen-bond donors (Lipinski definition) is 3. The molecule has 0 saturated carbocycles. The van der Waals surface area contributed by atoms with Crippen LogP contribution in [0.4, 0.5) is 0 Å². The molecule has 3 aliphatic rings. The maximum Gasteiger partial charge on any atom is 0.337 e. The standard InChI is InChI=1S/C24H19N7O5/c1-31-8-7-26-21(31)13-3-2-4-15(9-13)36-24-29-20-19(28-18(32)12-27-20)22(30-24)35-16-6-5-14(11-25)17(10-16)23(33)34/h2-6,9-10H,7-8,12H2,1H3,(H,28,32)(H,33,34)(H,27,29,30). The van der Waals surface area contributed by atoms with Crippen molar-refractivity contribution in [1.82, 2.24) is 15.5 Å². The second-order valence-corrected chi connectivity index (χ2v) is 7.92. The Balaban J connectivity index is 1.47. The zero-order valence-electron chi connectivity index (χ0n) is 19.0. The highest BCUT2D eigenvalue weighted by Crippen LogP contribution is 2.24. The SMILES string of the molecule is CN1CCN=C1c1cccc(OC2=NC(Oc3ccc(C#N)c(C(=O)O)c3)=C3NC(=O)CN=C3N2)c1. The third kappa shape index (κ3) is 4.45. The number of nitrogens with one attached hydrogen (secondary N) is 2. The fraction of sp³-hybridized carbons (Fsp3) is 0.167. The maximum absolute atomic E-state index is 12.0. The number of likely N-dealkylation sites (N-methyl/N-ethyl adjacent to an activating group) is 1. The highest BCUT2D eigenvalue weighted by molar-refractivity contribution is 6.13. The molecule has 0 fully saturated rings. The van der Waals surface area contributed by atoms with Crippen molar-refractivity contribution in [3.8, 4) is 17.6 Å². The third-order valence-electron chi connectivity index (χ3n) is 5.45. The van der Waals surface area contributed by atoms with Gasteiger partial charge in [-0.25, -0.2) is 4.79 Å². The number of ether oxygens (including phenoxy) is 2. The summed E-state index contributed by atoms with van der Waals surface area (Å²) in [6, 6.07) is 13.2. The number of carboxylic acids is 1. The summed E-state index contributed by atoms with van der Waals surface area (Å²) in [5, 5.41) is 24.2. The van der Waals surface area contributed by atoms with E-state index in [1.54, 1.807) is 6.07 Å². The van der Waals surface area contributed by atoms with Gasteiger partial charge in [-0.1, -0.05) is 12.1 Å². The number of rotatable bonds is 5. The van der Waals surface area contributed by atoms with Crippen molar-refractivity contribution in [1.29, 1.82) is 5.26 Å². The van der Waals surface area contributed by atoms with Crippen molar-refractivity contribution in [2.24, 2.45) is 15.0 Å². The number of benzene rings is 2. The van der Waals surface area contributed by atoms with Crippen molar-refractivity contribution >= 4 is 29.6 Å². The average molecular weight is 485 g/mol. The number of amides is 1. The second kappa shape index (κ2) is 9.22. The lowest BCUT2D eigenvalue weighted by atomic mass is 10.1. The van der Waals surface area contributed by atoms with Gasteiger partial charge in [0, 0.05) is 19.2 Å². The van der Waals surface area contributed by atoms with Gasteiger partial charge in [-0.3, -0.25) is 20.1 Å². The molecule has 3 N–H and O–H groups in total. The number of hydrogen-bond acceptors (Lipinski definition) is 10. The summed E-state index contributed by atoms with van der Waals surface area (Å²) < 4.78 is 11.8. The molecule has 1 amide bonds. The van der Waals surface area contributed by atoms with Gasteiger partial charge in [0.05, 0.1) is 17.7 Å². The highest BCUT2D eigenvalue weighted by atomic mass is 16.5. The minimum Gasteiger partial charge on any atom is -0.478 e. The zero-order valence-corrected chi connectivity index (χ0v) is 19.0. The van der Waals surface area contributed by atoms with Crippen molar-refractivity contribution in [3.63, 3.8) is 0 Å². The van der Waals surface area contributed by atoms with E-state index in [9.17, 15) is 14.7 Å². The van der Waals surface area contributed by atoms with Gasteiger partial charge in [-0.15, -0.1) is 0 Å². The number of aromatic carboxylic acids is 1. The first-order valence-corrected chi connectivity index (χ1v) is 10.8. The van der Waals surface area contributed by atoms with Crippen LogP contribution in [0.1, 0.15) is 21.5 Å². The molecule has 0 atom stereocenters. The largest absolute Gasteiger partial charge is 0.478 e. The van der Waals surface area contributed by atoms with Gasteiger partial charge >= 0.3 is 12.0 Å². The van der Waals surface area contributed by atoms with Crippen LogP contribution in [0, 0.1) is 11.3 Å². The Hall–Kier alpha value is -5.18. The predicted octanol–water partition coefficient (Wildman–Crippen LogP) is 1.06. The Morgan fingerprint density at radius 1 is 1.14 bits per heavy atom. The molecule has 0 aromatic heterocycles. The summed E-state index contributed by atoms with van der Waals surface area (Å²) in [6.07, 6.45) is 0. The molecule has 0 radical (unpaired) electrons. The number of carboxylic acid groups (broad SMARTS) is 1. The van der Waals surface area contributed by atoms with Crippen molar-refractivity contribution in [2.45, 2.75) is 0 Å². The Morgan fingerprint density at radius 3 is 2.72 bits per heavy atom. The molecule has 0 aliphatic carbocycles. The topological polar surface area (TPSA) is 161 Å². The van der Waals surface area contributed by atoms with Crippen molar-refractivity contribution in [2.75, 3.05) is 26.7 Å². The minimum atomic E-state index is -1.28. The molecule has 0 spiro atoms. The first kappa shape index (κ1) is 22.6. The van der Waals surface area contributed by atoms with Gasteiger partial charge in [0.2, 0.25) is 5.91 Å². The summed E-state index contributed by atoms with van der Waals surface area (Å²) >= 11 is 0. The minimum absolute atomic E-state index is 0.0176. The monoisotopic (exact) mass is 485 g/mol. The van der Waals surface area contributed by atoms with Gasteiger partial charge in [0.15, 0.2) is 5.84 Å². The van der Waals surface area contributed by atoms with Gasteiger partial charge in [-0.05, 0) is 30.3 Å². The number of nitrogens with zero attached hydrogens (tertiary/aromatic N) is 5. The molecule has 36 heavy (non-hydrogen) atoms. The number of amidine groups is 3. The number of carbonyl (C=O) groups is 2. The molecule has 0 saturated heterocycles. The van der Waals surface area contributed by atoms with E-state index >= 15 is 0 Å². The molecule has 0 bridgehead atoms. The summed E-state index contributed by atoms with van der Waals surface area (Å²) in [6.45, 7) is 1.46. The smallest absolute Gasteiger partial charge is 0.337 e. The summed E-state index contributed by atoms with van der Waals surface area (Å²) in [4.78, 5) is 38.6. The van der Waals surface area contributed by atoms with E-state index < -0.39 is 5.97 Å². The van der Waals surface area contributed by atoms with E-state index in [1.165, 1.54) is 18.2 Å². The first-order valence-electron chi connectivity index (χ1n) is 10.8. The van der Waals surface area contributed by atoms with E-state index in [0.717, 1.165) is 24.5 Å². The van der Waals surface area contributed by atoms with Gasteiger partial charge in [-0.2, -0.15) is 10.3 Å². The Labute approximate surface area is 204 Å². The lowest BCUT2D eigenvalue weighted by Gasteiger charge is -2.25. The lowest BCUT2D eigenvalue weighted by Crippen LogP contribution is -2.48. The number of aliphatic imine (C=N–C) groups is 3. The molecule has 180 valence electrons. The van der Waals surface area contributed by atoms with Crippen molar-refractivity contribution in [3.05, 3.63) is 70.7 Å². The summed E-state index contributed by atoms with van der Waals surface area (Å²) in [5.74, 6) is 0.0124. The van der Waals surface area contributed by atoms with E-state index in [0.29, 0.717) is 5.75 Å². The zero-order chi connectivity index (χ0) is 25.2. The molecule has 2 aromatic rings.